The highest BCUT2D eigenvalue weighted by Gasteiger charge is 2.11. The Morgan fingerprint density at radius 1 is 1.33 bits per heavy atom. The van der Waals surface area contributed by atoms with Gasteiger partial charge in [0.2, 0.25) is 0 Å². The standard InChI is InChI=1S/C13H15N3OS/c1-17-12-5-3-2-4-10(12)11(14)8-18-13-6-7-15-9-16-13/h2-7,9,11H,8,14H2,1H3. The second-order valence-corrected chi connectivity index (χ2v) is 4.75. The highest BCUT2D eigenvalue weighted by atomic mass is 32.2. The molecule has 5 heteroatoms. The number of nitrogens with zero attached hydrogens (tertiary/aromatic N) is 2. The Kier molecular flexibility index (Phi) is 4.55. The molecule has 94 valence electrons. The van der Waals surface area contributed by atoms with Gasteiger partial charge in [-0.15, -0.1) is 11.8 Å². The lowest BCUT2D eigenvalue weighted by Crippen LogP contribution is -2.14. The summed E-state index contributed by atoms with van der Waals surface area (Å²) in [5.74, 6) is 1.57. The summed E-state index contributed by atoms with van der Waals surface area (Å²) in [6, 6.07) is 9.61. The number of ether oxygens (including phenoxy) is 1. The molecule has 1 aromatic heterocycles. The zero-order chi connectivity index (χ0) is 12.8. The van der Waals surface area contributed by atoms with Crippen LogP contribution < -0.4 is 10.5 Å². The van der Waals surface area contributed by atoms with Crippen LogP contribution in [0.3, 0.4) is 0 Å². The monoisotopic (exact) mass is 261 g/mol. The smallest absolute Gasteiger partial charge is 0.123 e. The molecule has 0 bridgehead atoms. The van der Waals surface area contributed by atoms with E-state index in [9.17, 15) is 0 Å². The van der Waals surface area contributed by atoms with Crippen molar-refractivity contribution in [3.05, 3.63) is 48.4 Å². The van der Waals surface area contributed by atoms with E-state index in [1.807, 2.05) is 30.3 Å². The topological polar surface area (TPSA) is 61.0 Å². The molecule has 0 fully saturated rings. The van der Waals surface area contributed by atoms with Gasteiger partial charge >= 0.3 is 0 Å². The molecule has 0 aliphatic rings. The van der Waals surface area contributed by atoms with Crippen molar-refractivity contribution in [2.45, 2.75) is 11.1 Å². The highest BCUT2D eigenvalue weighted by molar-refractivity contribution is 7.99. The van der Waals surface area contributed by atoms with Crippen LogP contribution in [-0.2, 0) is 0 Å². The van der Waals surface area contributed by atoms with Gasteiger partial charge in [0.25, 0.3) is 0 Å². The van der Waals surface area contributed by atoms with E-state index in [0.29, 0.717) is 0 Å². The third-order valence-corrected chi connectivity index (χ3v) is 3.57. The van der Waals surface area contributed by atoms with Crippen LogP contribution in [0.1, 0.15) is 11.6 Å². The van der Waals surface area contributed by atoms with Crippen molar-refractivity contribution in [3.63, 3.8) is 0 Å². The van der Waals surface area contributed by atoms with Gasteiger partial charge in [0, 0.05) is 23.6 Å². The molecule has 0 saturated heterocycles. The number of rotatable bonds is 5. The minimum absolute atomic E-state index is 0.0823. The largest absolute Gasteiger partial charge is 0.496 e. The van der Waals surface area contributed by atoms with E-state index in [-0.39, 0.29) is 6.04 Å². The summed E-state index contributed by atoms with van der Waals surface area (Å²) in [5.41, 5.74) is 7.19. The summed E-state index contributed by atoms with van der Waals surface area (Å²) in [6.07, 6.45) is 3.26. The molecular weight excluding hydrogens is 246 g/mol. The van der Waals surface area contributed by atoms with Gasteiger partial charge in [-0.2, -0.15) is 0 Å². The van der Waals surface area contributed by atoms with E-state index in [2.05, 4.69) is 9.97 Å². The van der Waals surface area contributed by atoms with Gasteiger partial charge in [0.05, 0.1) is 12.1 Å². The summed E-state index contributed by atoms with van der Waals surface area (Å²) in [6.45, 7) is 0. The van der Waals surface area contributed by atoms with Gasteiger partial charge in [-0.25, -0.2) is 9.97 Å². The Balaban J connectivity index is 2.01. The lowest BCUT2D eigenvalue weighted by atomic mass is 10.1. The molecule has 1 heterocycles. The predicted octanol–water partition coefficient (Wildman–Crippen LogP) is 2.28. The van der Waals surface area contributed by atoms with Crippen molar-refractivity contribution in [1.82, 2.24) is 9.97 Å². The second-order valence-electron chi connectivity index (χ2n) is 3.71. The molecule has 0 amide bonds. The predicted molar refractivity (Wildman–Crippen MR) is 72.7 cm³/mol. The number of benzene rings is 1. The third kappa shape index (κ3) is 3.21. The first-order chi connectivity index (χ1) is 8.81. The SMILES string of the molecule is COc1ccccc1C(N)CSc1ccncn1. The molecule has 0 radical (unpaired) electrons. The van der Waals surface area contributed by atoms with E-state index >= 15 is 0 Å². The molecular formula is C13H15N3OS. The van der Waals surface area contributed by atoms with Gasteiger partial charge < -0.3 is 10.5 Å². The summed E-state index contributed by atoms with van der Waals surface area (Å²) in [4.78, 5) is 8.03. The van der Waals surface area contributed by atoms with Crippen LogP contribution >= 0.6 is 11.8 Å². The minimum atomic E-state index is -0.0823. The Morgan fingerprint density at radius 3 is 2.89 bits per heavy atom. The van der Waals surface area contributed by atoms with E-state index in [1.165, 1.54) is 6.33 Å². The molecule has 1 atom stereocenters. The zero-order valence-electron chi connectivity index (χ0n) is 10.1. The van der Waals surface area contributed by atoms with Crippen molar-refractivity contribution in [2.24, 2.45) is 5.73 Å². The number of methoxy groups -OCH3 is 1. The van der Waals surface area contributed by atoms with E-state index in [1.54, 1.807) is 25.1 Å². The normalized spacial score (nSPS) is 12.1. The van der Waals surface area contributed by atoms with Crippen molar-refractivity contribution in [2.75, 3.05) is 12.9 Å². The van der Waals surface area contributed by atoms with Crippen LogP contribution in [0.5, 0.6) is 5.75 Å². The average Bonchev–Trinajstić information content (AvgIpc) is 2.45. The molecule has 2 rings (SSSR count). The van der Waals surface area contributed by atoms with Crippen LogP contribution in [0.4, 0.5) is 0 Å². The van der Waals surface area contributed by atoms with E-state index in [4.69, 9.17) is 10.5 Å². The molecule has 0 aliphatic carbocycles. The number of para-hydroxylation sites is 1. The zero-order valence-corrected chi connectivity index (χ0v) is 10.9. The lowest BCUT2D eigenvalue weighted by molar-refractivity contribution is 0.407. The number of hydrogen-bond donors (Lipinski definition) is 1. The fraction of sp³-hybridized carbons (Fsp3) is 0.231. The highest BCUT2D eigenvalue weighted by Crippen LogP contribution is 2.27. The van der Waals surface area contributed by atoms with Crippen molar-refractivity contribution >= 4 is 11.8 Å². The van der Waals surface area contributed by atoms with Crippen LogP contribution in [0.2, 0.25) is 0 Å². The molecule has 2 N–H and O–H groups in total. The minimum Gasteiger partial charge on any atom is -0.496 e. The Morgan fingerprint density at radius 2 is 2.17 bits per heavy atom. The summed E-state index contributed by atoms with van der Waals surface area (Å²) in [7, 11) is 1.66. The first-order valence-corrected chi connectivity index (χ1v) is 6.57. The molecule has 2 aromatic rings. The molecule has 1 aromatic carbocycles. The second kappa shape index (κ2) is 6.37. The van der Waals surface area contributed by atoms with Gasteiger partial charge in [0.15, 0.2) is 0 Å². The quantitative estimate of drug-likeness (QED) is 0.661. The Hall–Kier alpha value is -1.59. The Labute approximate surface area is 111 Å². The van der Waals surface area contributed by atoms with Crippen molar-refractivity contribution < 1.29 is 4.74 Å². The van der Waals surface area contributed by atoms with Crippen LogP contribution in [0.25, 0.3) is 0 Å². The average molecular weight is 261 g/mol. The van der Waals surface area contributed by atoms with Gasteiger partial charge in [-0.3, -0.25) is 0 Å². The first-order valence-electron chi connectivity index (χ1n) is 5.58. The molecule has 0 aliphatic heterocycles. The molecule has 0 spiro atoms. The van der Waals surface area contributed by atoms with Gasteiger partial charge in [-0.1, -0.05) is 18.2 Å². The first kappa shape index (κ1) is 12.9. The van der Waals surface area contributed by atoms with Crippen LogP contribution in [0, 0.1) is 0 Å². The van der Waals surface area contributed by atoms with E-state index in [0.717, 1.165) is 22.1 Å². The summed E-state index contributed by atoms with van der Waals surface area (Å²) in [5, 5.41) is 0.926. The van der Waals surface area contributed by atoms with Crippen LogP contribution in [-0.4, -0.2) is 22.8 Å². The molecule has 18 heavy (non-hydrogen) atoms. The van der Waals surface area contributed by atoms with Gasteiger partial charge in [-0.05, 0) is 12.1 Å². The maximum atomic E-state index is 6.17. The summed E-state index contributed by atoms with van der Waals surface area (Å²) >= 11 is 1.61. The van der Waals surface area contributed by atoms with Crippen molar-refractivity contribution in [3.8, 4) is 5.75 Å². The van der Waals surface area contributed by atoms with E-state index < -0.39 is 0 Å². The fourth-order valence-electron chi connectivity index (χ4n) is 1.60. The molecule has 1 unspecified atom stereocenters. The number of nitrogens with two attached hydrogens (primary N) is 1. The summed E-state index contributed by atoms with van der Waals surface area (Å²) < 4.78 is 5.30. The maximum Gasteiger partial charge on any atom is 0.123 e. The number of hydrogen-bond acceptors (Lipinski definition) is 5. The van der Waals surface area contributed by atoms with Crippen molar-refractivity contribution in [1.29, 1.82) is 0 Å². The maximum absolute atomic E-state index is 6.17. The molecule has 4 nitrogen and oxygen atoms in total. The fourth-order valence-corrected chi connectivity index (χ4v) is 2.41. The van der Waals surface area contributed by atoms with Gasteiger partial charge in [0.1, 0.15) is 12.1 Å². The third-order valence-electron chi connectivity index (χ3n) is 2.50. The lowest BCUT2D eigenvalue weighted by Gasteiger charge is -2.14. The van der Waals surface area contributed by atoms with Crippen LogP contribution in [0.15, 0.2) is 47.9 Å². The number of aromatic nitrogens is 2. The Bertz CT molecular complexity index is 493. The molecule has 0 saturated carbocycles. The number of thioether (sulfide) groups is 1.